The van der Waals surface area contributed by atoms with Crippen LogP contribution in [0.1, 0.15) is 19.3 Å². The number of thiophene rings is 1. The van der Waals surface area contributed by atoms with E-state index in [0.29, 0.717) is 11.3 Å². The van der Waals surface area contributed by atoms with Crippen molar-refractivity contribution in [3.8, 4) is 22.4 Å². The molecule has 0 spiro atoms. The summed E-state index contributed by atoms with van der Waals surface area (Å²) < 4.78 is 15.7. The molecule has 0 bridgehead atoms. The van der Waals surface area contributed by atoms with Gasteiger partial charge in [0.05, 0.1) is 5.69 Å². The van der Waals surface area contributed by atoms with Crippen molar-refractivity contribution in [2.24, 2.45) is 7.05 Å². The molecule has 1 saturated carbocycles. The van der Waals surface area contributed by atoms with E-state index in [1.165, 1.54) is 11.3 Å². The Bertz CT molecular complexity index is 1460. The Morgan fingerprint density at radius 1 is 1.16 bits per heavy atom. The third kappa shape index (κ3) is 3.18. The molecule has 160 valence electrons. The molecule has 2 N–H and O–H groups in total. The Morgan fingerprint density at radius 2 is 1.97 bits per heavy atom. The Kier molecular flexibility index (Phi) is 4.67. The number of nitrogens with two attached hydrogens (primary N) is 1. The second kappa shape index (κ2) is 7.58. The van der Waals surface area contributed by atoms with Crippen LogP contribution < -0.4 is 5.73 Å². The minimum Gasteiger partial charge on any atom is -0.611 e. The Labute approximate surface area is 192 Å². The zero-order chi connectivity index (χ0) is 21.8. The van der Waals surface area contributed by atoms with E-state index in [2.05, 4.69) is 34.3 Å². The molecule has 6 rings (SSSR count). The molecule has 0 saturated heterocycles. The van der Waals surface area contributed by atoms with Crippen molar-refractivity contribution in [3.05, 3.63) is 54.9 Å². The molecule has 1 fully saturated rings. The molecule has 1 atom stereocenters. The number of aromatic nitrogens is 4. The highest BCUT2D eigenvalue weighted by molar-refractivity contribution is 7.94. The highest BCUT2D eigenvalue weighted by Crippen LogP contribution is 2.45. The van der Waals surface area contributed by atoms with Crippen LogP contribution in [-0.4, -0.2) is 29.6 Å². The lowest BCUT2D eigenvalue weighted by atomic mass is 10.00. The van der Waals surface area contributed by atoms with Crippen LogP contribution in [0.3, 0.4) is 0 Å². The second-order valence-corrected chi connectivity index (χ2v) is 11.1. The first-order chi connectivity index (χ1) is 15.6. The summed E-state index contributed by atoms with van der Waals surface area (Å²) >= 11 is 0.375. The average Bonchev–Trinajstić information content (AvgIpc) is 3.30. The van der Waals surface area contributed by atoms with Crippen LogP contribution in [0.5, 0.6) is 0 Å². The van der Waals surface area contributed by atoms with Gasteiger partial charge in [-0.25, -0.2) is 9.97 Å². The lowest BCUT2D eigenvalue weighted by molar-refractivity contribution is 0.478. The zero-order valence-corrected chi connectivity index (χ0v) is 19.1. The number of hydrogen-bond donors (Lipinski definition) is 1. The van der Waals surface area contributed by atoms with Crippen molar-refractivity contribution in [3.63, 3.8) is 0 Å². The summed E-state index contributed by atoms with van der Waals surface area (Å²) in [5.41, 5.74) is 11.7. The smallest absolute Gasteiger partial charge is 0.232 e. The van der Waals surface area contributed by atoms with E-state index >= 15 is 0 Å². The zero-order valence-electron chi connectivity index (χ0n) is 17.5. The van der Waals surface area contributed by atoms with Crippen molar-refractivity contribution in [1.29, 1.82) is 0 Å². The largest absolute Gasteiger partial charge is 0.611 e. The standard InChI is InChI=1S/C24H21N5OS2/c1-29-13-16-10-15(12-26-22(16)28-29)19-11-18(14-6-3-2-4-7-14)20-21(25)24(31-23(20)27-19)32(30)17-8-5-9-17/h2-4,6-7,10-13,17H,5,8-9,25H2,1H3. The molecule has 1 aliphatic rings. The lowest BCUT2D eigenvalue weighted by Crippen LogP contribution is -2.28. The van der Waals surface area contributed by atoms with E-state index in [0.717, 1.165) is 61.5 Å². The van der Waals surface area contributed by atoms with Gasteiger partial charge in [-0.05, 0) is 42.5 Å². The molecule has 4 heterocycles. The topological polar surface area (TPSA) is 92.7 Å². The SMILES string of the molecule is Cn1cc2cc(-c3cc(-c4ccccc4)c4c(N)c([S+]([O-])C5CCC5)sc4n3)cnc2n1. The van der Waals surface area contributed by atoms with Crippen molar-refractivity contribution < 1.29 is 4.55 Å². The van der Waals surface area contributed by atoms with Gasteiger partial charge >= 0.3 is 0 Å². The van der Waals surface area contributed by atoms with Gasteiger partial charge in [0.25, 0.3) is 0 Å². The summed E-state index contributed by atoms with van der Waals surface area (Å²) in [6.45, 7) is 0. The van der Waals surface area contributed by atoms with Gasteiger partial charge in [-0.15, -0.1) is 0 Å². The van der Waals surface area contributed by atoms with E-state index < -0.39 is 11.2 Å². The maximum Gasteiger partial charge on any atom is 0.232 e. The average molecular weight is 460 g/mol. The number of fused-ring (bicyclic) bond motifs is 2. The van der Waals surface area contributed by atoms with E-state index in [1.54, 1.807) is 4.68 Å². The fourth-order valence-corrected chi connectivity index (χ4v) is 7.36. The van der Waals surface area contributed by atoms with Crippen LogP contribution >= 0.6 is 11.3 Å². The van der Waals surface area contributed by atoms with Gasteiger partial charge in [-0.3, -0.25) is 4.68 Å². The highest BCUT2D eigenvalue weighted by Gasteiger charge is 2.35. The molecule has 4 aromatic heterocycles. The van der Waals surface area contributed by atoms with Gasteiger partial charge in [0.1, 0.15) is 15.8 Å². The number of aryl methyl sites for hydroxylation is 1. The van der Waals surface area contributed by atoms with Gasteiger partial charge in [0, 0.05) is 47.0 Å². The number of hydrogen-bond acceptors (Lipinski definition) is 6. The normalized spacial score (nSPS) is 15.3. The fraction of sp³-hybridized carbons (Fsp3) is 0.208. The van der Waals surface area contributed by atoms with Crippen LogP contribution in [0.25, 0.3) is 43.6 Å². The lowest BCUT2D eigenvalue weighted by Gasteiger charge is -2.27. The van der Waals surface area contributed by atoms with Crippen LogP contribution in [-0.2, 0) is 18.2 Å². The van der Waals surface area contributed by atoms with Gasteiger partial charge in [-0.2, -0.15) is 5.10 Å². The summed E-state index contributed by atoms with van der Waals surface area (Å²) in [7, 11) is 1.89. The summed E-state index contributed by atoms with van der Waals surface area (Å²) in [6.07, 6.45) is 6.90. The first-order valence-electron chi connectivity index (χ1n) is 10.6. The van der Waals surface area contributed by atoms with E-state index in [1.807, 2.05) is 37.6 Å². The Hall–Kier alpha value is -2.94. The van der Waals surface area contributed by atoms with Crippen molar-refractivity contribution in [2.75, 3.05) is 5.73 Å². The number of benzene rings is 1. The van der Waals surface area contributed by atoms with Gasteiger partial charge in [-0.1, -0.05) is 41.7 Å². The number of nitrogens with zero attached hydrogens (tertiary/aromatic N) is 4. The molecule has 5 aromatic rings. The number of pyridine rings is 2. The monoisotopic (exact) mass is 459 g/mol. The summed E-state index contributed by atoms with van der Waals surface area (Å²) in [6, 6.07) is 14.3. The summed E-state index contributed by atoms with van der Waals surface area (Å²) in [5, 5.41) is 6.43. The van der Waals surface area contributed by atoms with Crippen LogP contribution in [0.15, 0.2) is 59.1 Å². The molecule has 1 unspecified atom stereocenters. The Morgan fingerprint density at radius 3 is 2.72 bits per heavy atom. The molecular weight excluding hydrogens is 438 g/mol. The molecule has 6 nitrogen and oxygen atoms in total. The molecule has 1 aliphatic carbocycles. The van der Waals surface area contributed by atoms with Crippen molar-refractivity contribution in [1.82, 2.24) is 19.7 Å². The van der Waals surface area contributed by atoms with Crippen LogP contribution in [0.2, 0.25) is 0 Å². The molecule has 32 heavy (non-hydrogen) atoms. The predicted octanol–water partition coefficient (Wildman–Crippen LogP) is 5.15. The highest BCUT2D eigenvalue weighted by atomic mass is 32.2. The van der Waals surface area contributed by atoms with E-state index in [9.17, 15) is 4.55 Å². The van der Waals surface area contributed by atoms with E-state index in [4.69, 9.17) is 10.7 Å². The maximum absolute atomic E-state index is 13.2. The summed E-state index contributed by atoms with van der Waals surface area (Å²) in [5.74, 6) is 0. The number of nitrogen functional groups attached to an aromatic ring is 1. The summed E-state index contributed by atoms with van der Waals surface area (Å²) in [4.78, 5) is 10.3. The first kappa shape index (κ1) is 19.7. The molecule has 1 aromatic carbocycles. The second-order valence-electron chi connectivity index (χ2n) is 8.19. The van der Waals surface area contributed by atoms with Gasteiger partial charge in [0.15, 0.2) is 5.65 Å². The molecule has 0 amide bonds. The molecule has 0 radical (unpaired) electrons. The van der Waals surface area contributed by atoms with Gasteiger partial charge < -0.3 is 10.3 Å². The minimum atomic E-state index is -1.09. The van der Waals surface area contributed by atoms with Crippen LogP contribution in [0, 0.1) is 0 Å². The molecule has 8 heteroatoms. The third-order valence-electron chi connectivity index (χ3n) is 6.06. The predicted molar refractivity (Wildman–Crippen MR) is 131 cm³/mol. The Balaban J connectivity index is 1.58. The van der Waals surface area contributed by atoms with Crippen molar-refractivity contribution in [2.45, 2.75) is 28.7 Å². The molecular formula is C24H21N5OS2. The van der Waals surface area contributed by atoms with Crippen molar-refractivity contribution >= 4 is 49.5 Å². The molecule has 0 aliphatic heterocycles. The minimum absolute atomic E-state index is 0.210. The first-order valence-corrected chi connectivity index (χ1v) is 12.6. The quantitative estimate of drug-likeness (QED) is 0.375. The van der Waals surface area contributed by atoms with E-state index in [-0.39, 0.29) is 5.25 Å². The maximum atomic E-state index is 13.2. The fourth-order valence-electron chi connectivity index (χ4n) is 4.15. The van der Waals surface area contributed by atoms with Gasteiger partial charge in [0.2, 0.25) is 4.21 Å². The third-order valence-corrected chi connectivity index (χ3v) is 9.36. The number of rotatable bonds is 4. The number of anilines is 1. The van der Waals surface area contributed by atoms with Crippen LogP contribution in [0.4, 0.5) is 5.69 Å².